The molecule has 0 aliphatic heterocycles. The van der Waals surface area contributed by atoms with Crippen LogP contribution in [-0.2, 0) is 0 Å². The summed E-state index contributed by atoms with van der Waals surface area (Å²) in [5.74, 6) is 0. The van der Waals surface area contributed by atoms with Crippen molar-refractivity contribution in [2.24, 2.45) is 10.2 Å². The normalized spacial score (nSPS) is 13.2. The Morgan fingerprint density at radius 1 is 0.750 bits per heavy atom. The van der Waals surface area contributed by atoms with Crippen molar-refractivity contribution in [1.29, 1.82) is 0 Å². The van der Waals surface area contributed by atoms with Crippen molar-refractivity contribution in [3.63, 3.8) is 0 Å². The van der Waals surface area contributed by atoms with Gasteiger partial charge >= 0.3 is 0 Å². The van der Waals surface area contributed by atoms with Crippen molar-refractivity contribution in [1.82, 2.24) is 10.0 Å². The summed E-state index contributed by atoms with van der Waals surface area (Å²) in [6.07, 6.45) is 0. The molecule has 0 bridgehead atoms. The fourth-order valence-corrected chi connectivity index (χ4v) is 0.745. The molecular weight excluding hydrogens is 152 g/mol. The van der Waals surface area contributed by atoms with Gasteiger partial charge in [-0.2, -0.15) is 10.2 Å². The molecule has 70 valence electrons. The molecule has 0 aromatic heterocycles. The first-order valence-corrected chi connectivity index (χ1v) is 3.89. The van der Waals surface area contributed by atoms with Gasteiger partial charge < -0.3 is 10.0 Å². The van der Waals surface area contributed by atoms with Crippen LogP contribution in [-0.4, -0.2) is 49.6 Å². The van der Waals surface area contributed by atoms with E-state index in [0.717, 1.165) is 11.4 Å². The summed E-state index contributed by atoms with van der Waals surface area (Å²) < 4.78 is 0. The van der Waals surface area contributed by atoms with Crippen molar-refractivity contribution in [3.8, 4) is 0 Å². The van der Waals surface area contributed by atoms with Gasteiger partial charge in [0.05, 0.1) is 11.4 Å². The van der Waals surface area contributed by atoms with E-state index in [9.17, 15) is 0 Å². The third-order valence-corrected chi connectivity index (χ3v) is 1.22. The van der Waals surface area contributed by atoms with Gasteiger partial charge in [-0.3, -0.25) is 0 Å². The van der Waals surface area contributed by atoms with Gasteiger partial charge in [-0.1, -0.05) is 0 Å². The van der Waals surface area contributed by atoms with Crippen LogP contribution in [0.15, 0.2) is 10.2 Å². The fraction of sp³-hybridized carbons (Fsp3) is 0.750. The van der Waals surface area contributed by atoms with Gasteiger partial charge in [-0.15, -0.1) is 0 Å². The molecule has 0 aromatic carbocycles. The quantitative estimate of drug-likeness (QED) is 0.464. The average Bonchev–Trinajstić information content (AvgIpc) is 1.84. The van der Waals surface area contributed by atoms with E-state index in [0.29, 0.717) is 0 Å². The second kappa shape index (κ2) is 4.74. The maximum Gasteiger partial charge on any atom is 0.0803 e. The summed E-state index contributed by atoms with van der Waals surface area (Å²) in [5.41, 5.74) is 1.88. The van der Waals surface area contributed by atoms with Crippen LogP contribution in [0.2, 0.25) is 0 Å². The highest BCUT2D eigenvalue weighted by Gasteiger charge is 1.97. The number of hydrogen-bond donors (Lipinski definition) is 0. The van der Waals surface area contributed by atoms with E-state index in [4.69, 9.17) is 0 Å². The van der Waals surface area contributed by atoms with Crippen LogP contribution in [0, 0.1) is 0 Å². The van der Waals surface area contributed by atoms with Crippen LogP contribution < -0.4 is 0 Å². The lowest BCUT2D eigenvalue weighted by atomic mass is 10.3. The lowest BCUT2D eigenvalue weighted by Gasteiger charge is -2.09. The van der Waals surface area contributed by atoms with Crippen molar-refractivity contribution in [2.75, 3.05) is 28.2 Å². The molecule has 4 nitrogen and oxygen atoms in total. The van der Waals surface area contributed by atoms with Gasteiger partial charge in [0.25, 0.3) is 0 Å². The average molecular weight is 170 g/mol. The van der Waals surface area contributed by atoms with Crippen LogP contribution in [0.3, 0.4) is 0 Å². The van der Waals surface area contributed by atoms with E-state index in [1.807, 2.05) is 42.0 Å². The van der Waals surface area contributed by atoms with Gasteiger partial charge in [0.15, 0.2) is 0 Å². The van der Waals surface area contributed by atoms with E-state index in [1.54, 1.807) is 10.0 Å². The number of nitrogens with zero attached hydrogens (tertiary/aromatic N) is 4. The predicted molar refractivity (Wildman–Crippen MR) is 53.6 cm³/mol. The van der Waals surface area contributed by atoms with Crippen molar-refractivity contribution >= 4 is 11.4 Å². The summed E-state index contributed by atoms with van der Waals surface area (Å²) in [7, 11) is 7.58. The van der Waals surface area contributed by atoms with Crippen molar-refractivity contribution in [3.05, 3.63) is 0 Å². The molecule has 0 heterocycles. The van der Waals surface area contributed by atoms with Gasteiger partial charge in [0.2, 0.25) is 0 Å². The van der Waals surface area contributed by atoms with Crippen LogP contribution in [0.5, 0.6) is 0 Å². The minimum Gasteiger partial charge on any atom is -0.303 e. The Labute approximate surface area is 74.5 Å². The number of hydrazone groups is 2. The number of hydrogen-bond acceptors (Lipinski definition) is 4. The maximum absolute atomic E-state index is 4.22. The fourth-order valence-electron chi connectivity index (χ4n) is 0.745. The molecule has 0 N–H and O–H groups in total. The minimum atomic E-state index is 0.939. The third kappa shape index (κ3) is 4.71. The Morgan fingerprint density at radius 2 is 1.00 bits per heavy atom. The second-order valence-electron chi connectivity index (χ2n) is 3.07. The summed E-state index contributed by atoms with van der Waals surface area (Å²) in [6.45, 7) is 3.89. The Kier molecular flexibility index (Phi) is 4.33. The molecule has 0 amide bonds. The topological polar surface area (TPSA) is 31.2 Å². The van der Waals surface area contributed by atoms with Gasteiger partial charge in [0, 0.05) is 28.2 Å². The van der Waals surface area contributed by atoms with E-state index in [2.05, 4.69) is 10.2 Å². The molecule has 0 fully saturated rings. The van der Waals surface area contributed by atoms with Crippen LogP contribution in [0.4, 0.5) is 0 Å². The molecular formula is C8H18N4. The molecule has 0 rings (SSSR count). The Bertz CT molecular complexity index is 169. The number of rotatable bonds is 3. The molecule has 0 aliphatic rings. The van der Waals surface area contributed by atoms with Crippen LogP contribution in [0.25, 0.3) is 0 Å². The largest absolute Gasteiger partial charge is 0.303 e. The lowest BCUT2D eigenvalue weighted by Crippen LogP contribution is -2.16. The highest BCUT2D eigenvalue weighted by molar-refractivity contribution is 6.40. The van der Waals surface area contributed by atoms with Gasteiger partial charge in [-0.05, 0) is 13.8 Å². The summed E-state index contributed by atoms with van der Waals surface area (Å²) in [6, 6.07) is 0. The standard InChI is InChI=1S/C8H18N4/c1-7(9-11(3)4)8(2)10-12(5)6/h1-6H3/b9-7+,10-8+. The maximum atomic E-state index is 4.22. The molecule has 0 unspecified atom stereocenters. The highest BCUT2D eigenvalue weighted by Crippen LogP contribution is 1.88. The van der Waals surface area contributed by atoms with Crippen LogP contribution >= 0.6 is 0 Å². The van der Waals surface area contributed by atoms with Crippen molar-refractivity contribution < 1.29 is 0 Å². The van der Waals surface area contributed by atoms with Gasteiger partial charge in [0.1, 0.15) is 0 Å². The van der Waals surface area contributed by atoms with Gasteiger partial charge in [-0.25, -0.2) is 0 Å². The zero-order valence-corrected chi connectivity index (χ0v) is 8.79. The molecule has 0 saturated heterocycles. The Morgan fingerprint density at radius 3 is 1.17 bits per heavy atom. The Balaban J connectivity index is 4.38. The van der Waals surface area contributed by atoms with E-state index < -0.39 is 0 Å². The van der Waals surface area contributed by atoms with E-state index in [1.165, 1.54) is 0 Å². The first kappa shape index (κ1) is 10.9. The molecule has 0 radical (unpaired) electrons. The van der Waals surface area contributed by atoms with E-state index in [-0.39, 0.29) is 0 Å². The third-order valence-electron chi connectivity index (χ3n) is 1.22. The molecule has 0 spiro atoms. The van der Waals surface area contributed by atoms with Crippen molar-refractivity contribution in [2.45, 2.75) is 13.8 Å². The summed E-state index contributed by atoms with van der Waals surface area (Å²) in [4.78, 5) is 0. The summed E-state index contributed by atoms with van der Waals surface area (Å²) in [5, 5.41) is 12.0. The Hall–Kier alpha value is -1.06. The van der Waals surface area contributed by atoms with E-state index >= 15 is 0 Å². The molecule has 12 heavy (non-hydrogen) atoms. The zero-order valence-electron chi connectivity index (χ0n) is 8.79. The molecule has 0 aromatic rings. The molecule has 0 aliphatic carbocycles. The summed E-state index contributed by atoms with van der Waals surface area (Å²) >= 11 is 0. The zero-order chi connectivity index (χ0) is 9.72. The first-order chi connectivity index (χ1) is 5.43. The van der Waals surface area contributed by atoms with Crippen LogP contribution in [0.1, 0.15) is 13.8 Å². The predicted octanol–water partition coefficient (Wildman–Crippen LogP) is 0.861. The first-order valence-electron chi connectivity index (χ1n) is 3.89. The smallest absolute Gasteiger partial charge is 0.0803 e. The molecule has 0 saturated carbocycles. The molecule has 0 atom stereocenters. The second-order valence-corrected chi connectivity index (χ2v) is 3.07. The monoisotopic (exact) mass is 170 g/mol. The molecule has 4 heteroatoms. The SMILES string of the molecule is CC(=N\N(C)C)/C(C)=N/N(C)C. The lowest BCUT2D eigenvalue weighted by molar-refractivity contribution is 0.433. The minimum absolute atomic E-state index is 0.939. The highest BCUT2D eigenvalue weighted by atomic mass is 15.4.